The molecule has 124 valence electrons. The van der Waals surface area contributed by atoms with Gasteiger partial charge in [-0.2, -0.15) is 0 Å². The van der Waals surface area contributed by atoms with Crippen LogP contribution in [0.25, 0.3) is 0 Å². The Morgan fingerprint density at radius 1 is 0.720 bits per heavy atom. The number of rotatable bonds is 5. The van der Waals surface area contributed by atoms with E-state index in [-0.39, 0.29) is 12.0 Å². The van der Waals surface area contributed by atoms with Crippen LogP contribution in [0, 0.1) is 0 Å². The summed E-state index contributed by atoms with van der Waals surface area (Å²) >= 11 is 0. The molecule has 1 fully saturated rings. The second kappa shape index (κ2) is 6.54. The predicted octanol–water partition coefficient (Wildman–Crippen LogP) is 3.49. The van der Waals surface area contributed by atoms with Crippen LogP contribution >= 0.6 is 0 Å². The maximum atomic E-state index is 11.9. The molecule has 0 unspecified atom stereocenters. The van der Waals surface area contributed by atoms with Crippen molar-refractivity contribution in [2.45, 2.75) is 11.6 Å². The molecule has 1 saturated heterocycles. The summed E-state index contributed by atoms with van der Waals surface area (Å²) in [6.45, 7) is 0.396. The van der Waals surface area contributed by atoms with Crippen LogP contribution < -0.4 is 5.32 Å². The minimum atomic E-state index is -0.617. The number of hydrogen-bond donors (Lipinski definition) is 1. The first-order valence-corrected chi connectivity index (χ1v) is 8.41. The minimum Gasteiger partial charge on any atom is -0.462 e. The molecule has 3 nitrogen and oxygen atoms in total. The zero-order valence-corrected chi connectivity index (χ0v) is 13.8. The molecule has 4 rings (SSSR count). The van der Waals surface area contributed by atoms with Crippen molar-refractivity contribution in [3.05, 3.63) is 108 Å². The Morgan fingerprint density at radius 2 is 1.12 bits per heavy atom. The van der Waals surface area contributed by atoms with E-state index in [2.05, 4.69) is 41.7 Å². The van der Waals surface area contributed by atoms with Crippen LogP contribution in [0.5, 0.6) is 0 Å². The number of benzene rings is 3. The maximum absolute atomic E-state index is 11.9. The van der Waals surface area contributed by atoms with Crippen molar-refractivity contribution in [1.82, 2.24) is 5.32 Å². The molecule has 3 aromatic carbocycles. The lowest BCUT2D eigenvalue weighted by Crippen LogP contribution is -2.59. The number of nitrogens with one attached hydrogen (secondary N) is 1. The zero-order chi connectivity index (χ0) is 17.1. The fourth-order valence-electron chi connectivity index (χ4n) is 3.41. The lowest BCUT2D eigenvalue weighted by atomic mass is 9.76. The summed E-state index contributed by atoms with van der Waals surface area (Å²) < 4.78 is 5.00. The average molecular weight is 329 g/mol. The molecular weight excluding hydrogens is 310 g/mol. The molecule has 1 aliphatic rings. The maximum Gasteiger partial charge on any atom is 0.326 e. The highest BCUT2D eigenvalue weighted by atomic mass is 16.6. The van der Waals surface area contributed by atoms with Gasteiger partial charge in [-0.3, -0.25) is 10.1 Å². The first-order chi connectivity index (χ1) is 12.3. The van der Waals surface area contributed by atoms with Gasteiger partial charge in [-0.05, 0) is 16.7 Å². The Kier molecular flexibility index (Phi) is 4.08. The second-order valence-corrected chi connectivity index (χ2v) is 6.18. The summed E-state index contributed by atoms with van der Waals surface area (Å²) in [5.41, 5.74) is 2.65. The summed E-state index contributed by atoms with van der Waals surface area (Å²) in [7, 11) is 0. The summed E-state index contributed by atoms with van der Waals surface area (Å²) in [6.07, 6.45) is 0. The summed E-state index contributed by atoms with van der Waals surface area (Å²) in [4.78, 5) is 11.9. The fourth-order valence-corrected chi connectivity index (χ4v) is 3.41. The normalized spacial score (nSPS) is 16.8. The standard InChI is InChI=1S/C22H19NO2/c24-21-20(16-25-21)23-22(17-10-4-1-5-11-17,18-12-6-2-7-13-18)19-14-8-3-9-15-19/h1-15,20,23H,16H2/t20-/m0/s1. The highest BCUT2D eigenvalue weighted by molar-refractivity contribution is 5.81. The van der Waals surface area contributed by atoms with Crippen LogP contribution in [0.1, 0.15) is 16.7 Å². The van der Waals surface area contributed by atoms with E-state index in [1.165, 1.54) is 0 Å². The second-order valence-electron chi connectivity index (χ2n) is 6.18. The van der Waals surface area contributed by atoms with E-state index in [0.29, 0.717) is 6.61 Å². The first-order valence-electron chi connectivity index (χ1n) is 8.41. The topological polar surface area (TPSA) is 38.3 Å². The predicted molar refractivity (Wildman–Crippen MR) is 97.1 cm³/mol. The number of hydrogen-bond acceptors (Lipinski definition) is 3. The number of carbonyl (C=O) groups excluding carboxylic acids is 1. The molecule has 3 heteroatoms. The van der Waals surface area contributed by atoms with Crippen molar-refractivity contribution in [2.24, 2.45) is 0 Å². The molecule has 0 bridgehead atoms. The van der Waals surface area contributed by atoms with E-state index in [1.807, 2.05) is 54.6 Å². The quantitative estimate of drug-likeness (QED) is 0.575. The molecule has 0 saturated carbocycles. The van der Waals surface area contributed by atoms with Crippen molar-refractivity contribution >= 4 is 5.97 Å². The van der Waals surface area contributed by atoms with E-state index in [4.69, 9.17) is 4.74 Å². The Bertz CT molecular complexity index is 750. The molecule has 3 aromatic rings. The summed E-state index contributed by atoms with van der Waals surface area (Å²) in [5.74, 6) is -0.202. The molecule has 0 spiro atoms. The molecule has 0 radical (unpaired) electrons. The third-order valence-electron chi connectivity index (χ3n) is 4.69. The van der Waals surface area contributed by atoms with Gasteiger partial charge in [-0.25, -0.2) is 0 Å². The van der Waals surface area contributed by atoms with E-state index in [9.17, 15) is 4.79 Å². The van der Waals surface area contributed by atoms with Crippen LogP contribution in [-0.4, -0.2) is 18.6 Å². The van der Waals surface area contributed by atoms with Gasteiger partial charge in [0.05, 0.1) is 5.54 Å². The molecular formula is C22H19NO2. The third kappa shape index (κ3) is 2.73. The van der Waals surface area contributed by atoms with Gasteiger partial charge in [0.2, 0.25) is 0 Å². The lowest BCUT2D eigenvalue weighted by Gasteiger charge is -2.41. The average Bonchev–Trinajstić information content (AvgIpc) is 2.70. The Hall–Kier alpha value is -2.91. The van der Waals surface area contributed by atoms with Gasteiger partial charge in [-0.15, -0.1) is 0 Å². The highest BCUT2D eigenvalue weighted by Crippen LogP contribution is 2.37. The highest BCUT2D eigenvalue weighted by Gasteiger charge is 2.43. The van der Waals surface area contributed by atoms with Crippen molar-refractivity contribution < 1.29 is 9.53 Å². The van der Waals surface area contributed by atoms with Gasteiger partial charge >= 0.3 is 5.97 Å². The van der Waals surface area contributed by atoms with Gasteiger partial charge in [0.25, 0.3) is 0 Å². The number of carbonyl (C=O) groups is 1. The third-order valence-corrected chi connectivity index (χ3v) is 4.69. The summed E-state index contributed by atoms with van der Waals surface area (Å²) in [5, 5.41) is 3.59. The van der Waals surface area contributed by atoms with Crippen molar-refractivity contribution in [3.63, 3.8) is 0 Å². The smallest absolute Gasteiger partial charge is 0.326 e. The summed E-state index contributed by atoms with van der Waals surface area (Å²) in [6, 6.07) is 30.4. The SMILES string of the molecule is O=C1OC[C@@H]1NC(c1ccccc1)(c1ccccc1)c1ccccc1. The molecule has 1 aliphatic heterocycles. The molecule has 1 heterocycles. The number of cyclic esters (lactones) is 1. The van der Waals surface area contributed by atoms with Crippen LogP contribution in [-0.2, 0) is 15.1 Å². The van der Waals surface area contributed by atoms with Crippen molar-refractivity contribution in [1.29, 1.82) is 0 Å². The van der Waals surface area contributed by atoms with Gasteiger partial charge in [0.1, 0.15) is 12.6 Å². The van der Waals surface area contributed by atoms with Crippen LogP contribution in [0.3, 0.4) is 0 Å². The molecule has 25 heavy (non-hydrogen) atoms. The van der Waals surface area contributed by atoms with Gasteiger partial charge in [-0.1, -0.05) is 91.0 Å². The van der Waals surface area contributed by atoms with Crippen LogP contribution in [0.15, 0.2) is 91.0 Å². The van der Waals surface area contributed by atoms with Crippen molar-refractivity contribution in [2.75, 3.05) is 6.61 Å². The van der Waals surface area contributed by atoms with E-state index < -0.39 is 5.54 Å². The molecule has 0 aliphatic carbocycles. The minimum absolute atomic E-state index is 0.202. The van der Waals surface area contributed by atoms with Gasteiger partial charge in [0, 0.05) is 0 Å². The number of esters is 1. The largest absolute Gasteiger partial charge is 0.462 e. The molecule has 0 amide bonds. The van der Waals surface area contributed by atoms with Crippen molar-refractivity contribution in [3.8, 4) is 0 Å². The van der Waals surface area contributed by atoms with E-state index in [1.54, 1.807) is 0 Å². The monoisotopic (exact) mass is 329 g/mol. The lowest BCUT2D eigenvalue weighted by molar-refractivity contribution is -0.163. The number of ether oxygens (including phenoxy) is 1. The molecule has 0 aromatic heterocycles. The van der Waals surface area contributed by atoms with Crippen LogP contribution in [0.2, 0.25) is 0 Å². The Morgan fingerprint density at radius 3 is 1.40 bits per heavy atom. The first kappa shape index (κ1) is 15.6. The van der Waals surface area contributed by atoms with E-state index >= 15 is 0 Å². The Balaban J connectivity index is 1.95. The Labute approximate surface area is 147 Å². The zero-order valence-electron chi connectivity index (χ0n) is 13.8. The fraction of sp³-hybridized carbons (Fsp3) is 0.136. The van der Waals surface area contributed by atoms with Gasteiger partial charge in [0.15, 0.2) is 0 Å². The van der Waals surface area contributed by atoms with Gasteiger partial charge < -0.3 is 4.74 Å². The van der Waals surface area contributed by atoms with Crippen LogP contribution in [0.4, 0.5) is 0 Å². The van der Waals surface area contributed by atoms with E-state index in [0.717, 1.165) is 16.7 Å². The molecule has 1 N–H and O–H groups in total. The molecule has 1 atom stereocenters.